The van der Waals surface area contributed by atoms with Crippen LogP contribution >= 0.6 is 0 Å². The summed E-state index contributed by atoms with van der Waals surface area (Å²) < 4.78 is 11.6. The van der Waals surface area contributed by atoms with Gasteiger partial charge in [0.25, 0.3) is 5.91 Å². The summed E-state index contributed by atoms with van der Waals surface area (Å²) in [7, 11) is 1.63. The number of amides is 1. The molecule has 1 unspecified atom stereocenters. The standard InChI is InChI=1S/C25H26N2O3/c1-17(2)27-24(26-21-12-8-7-11-20(21)25(27)28)19-13-14-22(23(15-19)29-3)30-16-18-9-5-4-6-10-18/h4-15,17,24,26H,16H2,1-3H3. The van der Waals surface area contributed by atoms with Crippen molar-refractivity contribution in [3.63, 3.8) is 0 Å². The lowest BCUT2D eigenvalue weighted by Crippen LogP contribution is -2.46. The van der Waals surface area contributed by atoms with Crippen molar-refractivity contribution in [2.45, 2.75) is 32.7 Å². The molecular formula is C25H26N2O3. The molecule has 0 aliphatic carbocycles. The molecule has 3 aromatic carbocycles. The van der Waals surface area contributed by atoms with Crippen LogP contribution in [0.25, 0.3) is 0 Å². The SMILES string of the molecule is COc1cc(C2Nc3ccccc3C(=O)N2C(C)C)ccc1OCc1ccccc1. The third-order valence-electron chi connectivity index (χ3n) is 5.26. The zero-order chi connectivity index (χ0) is 21.1. The van der Waals surface area contributed by atoms with Crippen molar-refractivity contribution >= 4 is 11.6 Å². The van der Waals surface area contributed by atoms with E-state index in [4.69, 9.17) is 9.47 Å². The van der Waals surface area contributed by atoms with Gasteiger partial charge in [0.1, 0.15) is 12.8 Å². The van der Waals surface area contributed by atoms with E-state index in [1.165, 1.54) is 0 Å². The van der Waals surface area contributed by atoms with Gasteiger partial charge < -0.3 is 19.7 Å². The molecule has 1 aliphatic heterocycles. The first-order valence-electron chi connectivity index (χ1n) is 10.1. The van der Waals surface area contributed by atoms with E-state index in [2.05, 4.69) is 5.32 Å². The van der Waals surface area contributed by atoms with Crippen LogP contribution in [0.15, 0.2) is 72.8 Å². The van der Waals surface area contributed by atoms with Crippen LogP contribution in [0.4, 0.5) is 5.69 Å². The molecular weight excluding hydrogens is 376 g/mol. The minimum atomic E-state index is -0.288. The van der Waals surface area contributed by atoms with Crippen molar-refractivity contribution in [2.24, 2.45) is 0 Å². The minimum absolute atomic E-state index is 0.0210. The smallest absolute Gasteiger partial charge is 0.258 e. The predicted octanol–water partition coefficient (Wildman–Crippen LogP) is 5.25. The third-order valence-corrected chi connectivity index (χ3v) is 5.26. The normalized spacial score (nSPS) is 15.5. The minimum Gasteiger partial charge on any atom is -0.493 e. The number of benzene rings is 3. The monoisotopic (exact) mass is 402 g/mol. The molecule has 0 spiro atoms. The predicted molar refractivity (Wildman–Crippen MR) is 118 cm³/mol. The van der Waals surface area contributed by atoms with Gasteiger partial charge >= 0.3 is 0 Å². The summed E-state index contributed by atoms with van der Waals surface area (Å²) in [6.07, 6.45) is -0.288. The molecule has 5 heteroatoms. The zero-order valence-corrected chi connectivity index (χ0v) is 17.5. The van der Waals surface area contributed by atoms with Crippen LogP contribution in [0.3, 0.4) is 0 Å². The van der Waals surface area contributed by atoms with Gasteiger partial charge in [0.2, 0.25) is 0 Å². The Labute approximate surface area is 177 Å². The van der Waals surface area contributed by atoms with Gasteiger partial charge in [-0.15, -0.1) is 0 Å². The molecule has 3 aromatic rings. The van der Waals surface area contributed by atoms with E-state index in [-0.39, 0.29) is 18.1 Å². The number of para-hydroxylation sites is 1. The Morgan fingerprint density at radius 3 is 2.43 bits per heavy atom. The number of rotatable bonds is 6. The van der Waals surface area contributed by atoms with Crippen LogP contribution in [0, 0.1) is 0 Å². The van der Waals surface area contributed by atoms with E-state index in [1.54, 1.807) is 7.11 Å². The first kappa shape index (κ1) is 19.8. The number of hydrogen-bond acceptors (Lipinski definition) is 4. The summed E-state index contributed by atoms with van der Waals surface area (Å²) in [5, 5.41) is 3.51. The first-order chi connectivity index (χ1) is 14.6. The molecule has 0 saturated carbocycles. The van der Waals surface area contributed by atoms with E-state index in [0.717, 1.165) is 16.8 Å². The molecule has 1 aliphatic rings. The highest BCUT2D eigenvalue weighted by Crippen LogP contribution is 2.38. The molecule has 1 N–H and O–H groups in total. The Kier molecular flexibility index (Phi) is 5.61. The molecule has 5 nitrogen and oxygen atoms in total. The van der Waals surface area contributed by atoms with Gasteiger partial charge in [-0.1, -0.05) is 48.5 Å². The number of hydrogen-bond donors (Lipinski definition) is 1. The molecule has 0 saturated heterocycles. The fraction of sp³-hybridized carbons (Fsp3) is 0.240. The number of anilines is 1. The number of carbonyl (C=O) groups is 1. The molecule has 1 amide bonds. The fourth-order valence-electron chi connectivity index (χ4n) is 3.75. The summed E-state index contributed by atoms with van der Waals surface area (Å²) >= 11 is 0. The van der Waals surface area contributed by atoms with Gasteiger partial charge in [0, 0.05) is 11.7 Å². The van der Waals surface area contributed by atoms with E-state index >= 15 is 0 Å². The highest BCUT2D eigenvalue weighted by molar-refractivity contribution is 6.01. The summed E-state index contributed by atoms with van der Waals surface area (Å²) in [6, 6.07) is 23.5. The van der Waals surface area contributed by atoms with Gasteiger partial charge in [-0.2, -0.15) is 0 Å². The summed E-state index contributed by atoms with van der Waals surface area (Å²) in [6.45, 7) is 4.51. The van der Waals surface area contributed by atoms with Crippen molar-refractivity contribution in [1.29, 1.82) is 0 Å². The highest BCUT2D eigenvalue weighted by Gasteiger charge is 2.34. The van der Waals surface area contributed by atoms with Gasteiger partial charge in [-0.25, -0.2) is 0 Å². The Balaban J connectivity index is 1.63. The van der Waals surface area contributed by atoms with Crippen molar-refractivity contribution < 1.29 is 14.3 Å². The number of fused-ring (bicyclic) bond motifs is 1. The topological polar surface area (TPSA) is 50.8 Å². The lowest BCUT2D eigenvalue weighted by molar-refractivity contribution is 0.0616. The second-order valence-electron chi connectivity index (χ2n) is 7.58. The van der Waals surface area contributed by atoms with Gasteiger partial charge in [0.05, 0.1) is 12.7 Å². The second kappa shape index (κ2) is 8.49. The summed E-state index contributed by atoms with van der Waals surface area (Å²) in [5.74, 6) is 1.33. The highest BCUT2D eigenvalue weighted by atomic mass is 16.5. The first-order valence-corrected chi connectivity index (χ1v) is 10.1. The Hall–Kier alpha value is -3.47. The molecule has 0 aromatic heterocycles. The number of carbonyl (C=O) groups excluding carboxylic acids is 1. The van der Waals surface area contributed by atoms with Crippen molar-refractivity contribution in [1.82, 2.24) is 4.90 Å². The number of ether oxygens (including phenoxy) is 2. The zero-order valence-electron chi connectivity index (χ0n) is 17.5. The average Bonchev–Trinajstić information content (AvgIpc) is 2.78. The van der Waals surface area contributed by atoms with E-state index in [1.807, 2.05) is 91.5 Å². The van der Waals surface area contributed by atoms with Crippen LogP contribution in [0.1, 0.15) is 41.5 Å². The number of methoxy groups -OCH3 is 1. The lowest BCUT2D eigenvalue weighted by Gasteiger charge is -2.40. The van der Waals surface area contributed by atoms with Crippen LogP contribution in [0.2, 0.25) is 0 Å². The molecule has 1 atom stereocenters. The van der Waals surface area contributed by atoms with Crippen LogP contribution < -0.4 is 14.8 Å². The van der Waals surface area contributed by atoms with E-state index < -0.39 is 0 Å². The molecule has 1 heterocycles. The largest absolute Gasteiger partial charge is 0.493 e. The van der Waals surface area contributed by atoms with Crippen LogP contribution in [-0.4, -0.2) is 24.0 Å². The molecule has 0 bridgehead atoms. The average molecular weight is 402 g/mol. The third kappa shape index (κ3) is 3.83. The van der Waals surface area contributed by atoms with Gasteiger partial charge in [-0.3, -0.25) is 4.79 Å². The maximum atomic E-state index is 13.2. The van der Waals surface area contributed by atoms with Crippen molar-refractivity contribution in [3.05, 3.63) is 89.5 Å². The van der Waals surface area contributed by atoms with E-state index in [0.29, 0.717) is 23.7 Å². The molecule has 0 fully saturated rings. The van der Waals surface area contributed by atoms with Gasteiger partial charge in [-0.05, 0) is 49.2 Å². The molecule has 4 rings (SSSR count). The summed E-state index contributed by atoms with van der Waals surface area (Å²) in [5.41, 5.74) is 3.56. The Bertz CT molecular complexity index is 1030. The fourth-order valence-corrected chi connectivity index (χ4v) is 3.75. The molecule has 30 heavy (non-hydrogen) atoms. The Morgan fingerprint density at radius 1 is 0.967 bits per heavy atom. The van der Waals surface area contributed by atoms with Gasteiger partial charge in [0.15, 0.2) is 11.5 Å². The van der Waals surface area contributed by atoms with Crippen LogP contribution in [0.5, 0.6) is 11.5 Å². The van der Waals surface area contributed by atoms with E-state index in [9.17, 15) is 4.79 Å². The number of nitrogens with zero attached hydrogens (tertiary/aromatic N) is 1. The second-order valence-corrected chi connectivity index (χ2v) is 7.58. The summed E-state index contributed by atoms with van der Waals surface area (Å²) in [4.78, 5) is 15.0. The van der Waals surface area contributed by atoms with Crippen molar-refractivity contribution in [3.8, 4) is 11.5 Å². The molecule has 154 valence electrons. The van der Waals surface area contributed by atoms with Crippen LogP contribution in [-0.2, 0) is 6.61 Å². The number of nitrogens with one attached hydrogen (secondary N) is 1. The maximum Gasteiger partial charge on any atom is 0.258 e. The lowest BCUT2D eigenvalue weighted by atomic mass is 10.0. The maximum absolute atomic E-state index is 13.2. The quantitative estimate of drug-likeness (QED) is 0.612. The Morgan fingerprint density at radius 2 is 1.70 bits per heavy atom. The molecule has 0 radical (unpaired) electrons. The van der Waals surface area contributed by atoms with Crippen molar-refractivity contribution in [2.75, 3.05) is 12.4 Å².